The van der Waals surface area contributed by atoms with E-state index >= 15 is 0 Å². The molecule has 0 rings (SSSR count). The second-order valence-corrected chi connectivity index (χ2v) is 18.9. The van der Waals surface area contributed by atoms with Crippen molar-refractivity contribution in [1.82, 2.24) is 4.90 Å². The van der Waals surface area contributed by atoms with Gasteiger partial charge in [-0.05, 0) is 103 Å². The number of ether oxygens (including phenoxy) is 4. The molecule has 7 heteroatoms. The Kier molecular flexibility index (Phi) is 44.9. The van der Waals surface area contributed by atoms with Gasteiger partial charge in [0, 0.05) is 32.7 Å². The molecule has 0 heterocycles. The second-order valence-electron chi connectivity index (χ2n) is 18.9. The van der Waals surface area contributed by atoms with Crippen LogP contribution in [-0.2, 0) is 28.5 Å². The third-order valence-corrected chi connectivity index (χ3v) is 12.5. The molecule has 7 nitrogen and oxygen atoms in total. The zero-order chi connectivity index (χ0) is 44.2. The van der Waals surface area contributed by atoms with Crippen molar-refractivity contribution in [2.24, 2.45) is 17.8 Å². The summed E-state index contributed by atoms with van der Waals surface area (Å²) >= 11 is 0. The van der Waals surface area contributed by atoms with Crippen molar-refractivity contribution in [1.29, 1.82) is 0 Å². The third-order valence-electron chi connectivity index (χ3n) is 12.5. The minimum atomic E-state index is -0.0104. The van der Waals surface area contributed by atoms with Gasteiger partial charge in [-0.15, -0.1) is 0 Å². The number of unbranched alkanes of at least 4 members (excludes halogenated alkanes) is 17. The number of rotatable bonds is 48. The Labute approximate surface area is 374 Å². The van der Waals surface area contributed by atoms with Crippen LogP contribution in [0.15, 0.2) is 0 Å². The maximum atomic E-state index is 12.3. The predicted molar refractivity (Wildman–Crippen MR) is 257 cm³/mol. The van der Waals surface area contributed by atoms with E-state index in [1.807, 2.05) is 0 Å². The maximum absolute atomic E-state index is 12.3. The summed E-state index contributed by atoms with van der Waals surface area (Å²) in [7, 11) is 4.30. The summed E-state index contributed by atoms with van der Waals surface area (Å²) in [6.45, 7) is 16.1. The second kappa shape index (κ2) is 45.8. The van der Waals surface area contributed by atoms with Crippen LogP contribution in [0.1, 0.15) is 253 Å². The summed E-state index contributed by atoms with van der Waals surface area (Å²) in [6, 6.07) is 0. The summed E-state index contributed by atoms with van der Waals surface area (Å²) in [4.78, 5) is 26.9. The normalized spacial score (nSPS) is 12.8. The summed E-state index contributed by atoms with van der Waals surface area (Å²) in [6.07, 6.45) is 39.7. The van der Waals surface area contributed by atoms with Crippen LogP contribution in [0.3, 0.4) is 0 Å². The first-order valence-electron chi connectivity index (χ1n) is 26.4. The summed E-state index contributed by atoms with van der Waals surface area (Å²) < 4.78 is 23.8. The lowest BCUT2D eigenvalue weighted by atomic mass is 9.92. The summed E-state index contributed by atoms with van der Waals surface area (Å²) in [5.74, 6) is 1.94. The minimum Gasteiger partial charge on any atom is -0.466 e. The largest absolute Gasteiger partial charge is 0.466 e. The van der Waals surface area contributed by atoms with E-state index in [2.05, 4.69) is 53.6 Å². The van der Waals surface area contributed by atoms with Crippen molar-refractivity contribution in [3.05, 3.63) is 0 Å². The molecule has 0 N–H and O–H groups in total. The van der Waals surface area contributed by atoms with Gasteiger partial charge >= 0.3 is 11.9 Å². The molecular formula is C53H105NO6. The molecule has 0 aromatic carbocycles. The summed E-state index contributed by atoms with van der Waals surface area (Å²) in [5, 5.41) is 0. The monoisotopic (exact) mass is 852 g/mol. The quantitative estimate of drug-likeness (QED) is 0.0446. The number of nitrogens with zero attached hydrogens (tertiary/aromatic N) is 1. The van der Waals surface area contributed by atoms with E-state index in [9.17, 15) is 9.59 Å². The van der Waals surface area contributed by atoms with Gasteiger partial charge in [0.25, 0.3) is 0 Å². The lowest BCUT2D eigenvalue weighted by molar-refractivity contribution is -0.145. The van der Waals surface area contributed by atoms with Crippen LogP contribution in [-0.4, -0.2) is 76.6 Å². The Morgan fingerprint density at radius 1 is 0.433 bits per heavy atom. The maximum Gasteiger partial charge on any atom is 0.305 e. The zero-order valence-corrected chi connectivity index (χ0v) is 41.5. The molecule has 60 heavy (non-hydrogen) atoms. The van der Waals surface area contributed by atoms with Crippen LogP contribution >= 0.6 is 0 Å². The lowest BCUT2D eigenvalue weighted by Crippen LogP contribution is -2.21. The van der Waals surface area contributed by atoms with Crippen LogP contribution in [0.4, 0.5) is 0 Å². The molecule has 0 spiro atoms. The molecule has 0 aliphatic rings. The highest BCUT2D eigenvalue weighted by Gasteiger charge is 2.16. The smallest absolute Gasteiger partial charge is 0.305 e. The number of esters is 2. The van der Waals surface area contributed by atoms with Gasteiger partial charge in [0.1, 0.15) is 0 Å². The zero-order valence-electron chi connectivity index (χ0n) is 41.5. The topological polar surface area (TPSA) is 74.3 Å². The van der Waals surface area contributed by atoms with Gasteiger partial charge in [0.15, 0.2) is 0 Å². The molecule has 0 aromatic rings. The number of hydrogen-bond acceptors (Lipinski definition) is 7. The van der Waals surface area contributed by atoms with Gasteiger partial charge in [0.2, 0.25) is 0 Å². The van der Waals surface area contributed by atoms with E-state index in [-0.39, 0.29) is 18.0 Å². The summed E-state index contributed by atoms with van der Waals surface area (Å²) in [5.41, 5.74) is 0. The molecule has 0 aliphatic carbocycles. The van der Waals surface area contributed by atoms with Crippen molar-refractivity contribution in [3.63, 3.8) is 0 Å². The van der Waals surface area contributed by atoms with Crippen LogP contribution in [0, 0.1) is 17.8 Å². The molecule has 0 saturated heterocycles. The fourth-order valence-electron chi connectivity index (χ4n) is 8.54. The van der Waals surface area contributed by atoms with E-state index in [1.165, 1.54) is 135 Å². The predicted octanol–water partition coefficient (Wildman–Crippen LogP) is 15.2. The number of carbonyl (C=O) groups excluding carboxylic acids is 2. The first-order valence-corrected chi connectivity index (χ1v) is 26.4. The Morgan fingerprint density at radius 3 is 1.27 bits per heavy atom. The molecule has 0 radical (unpaired) electrons. The first kappa shape index (κ1) is 58.8. The van der Waals surface area contributed by atoms with E-state index in [0.29, 0.717) is 43.8 Å². The number of hydrogen-bond donors (Lipinski definition) is 0. The van der Waals surface area contributed by atoms with Gasteiger partial charge < -0.3 is 23.8 Å². The molecule has 0 amide bonds. The Morgan fingerprint density at radius 2 is 0.833 bits per heavy atom. The SMILES string of the molecule is CCCCCC(CCCCC)CCOC(=O)CCCCCCCCOCC(CCCN(C)C)CC(C)OCCCCCCCC(=O)OCCC(CCCCC)CCCCC. The van der Waals surface area contributed by atoms with Crippen LogP contribution in [0.2, 0.25) is 0 Å². The van der Waals surface area contributed by atoms with Crippen molar-refractivity contribution in [2.75, 3.05) is 53.7 Å². The standard InChI is InChI=1S/C53H105NO6/c1-8-12-23-32-49(33-24-13-9-2)39-44-59-52(55)37-27-19-16-17-21-29-42-57-47-51(36-31-41-54(6)7)46-48(5)58-43-30-22-18-20-28-38-53(56)60-45-40-50(34-25-14-10-3)35-26-15-11-4/h48-51H,8-47H2,1-7H3. The van der Waals surface area contributed by atoms with E-state index in [0.717, 1.165) is 97.0 Å². The number of carbonyl (C=O) groups is 2. The fourth-order valence-corrected chi connectivity index (χ4v) is 8.54. The Hall–Kier alpha value is -1.18. The van der Waals surface area contributed by atoms with Gasteiger partial charge in [-0.2, -0.15) is 0 Å². The van der Waals surface area contributed by atoms with E-state index < -0.39 is 0 Å². The van der Waals surface area contributed by atoms with Crippen LogP contribution in [0.25, 0.3) is 0 Å². The highest BCUT2D eigenvalue weighted by Crippen LogP contribution is 2.23. The Balaban J connectivity index is 4.07. The first-order chi connectivity index (χ1) is 29.2. The average molecular weight is 852 g/mol. The molecule has 2 unspecified atom stereocenters. The molecule has 0 fully saturated rings. The van der Waals surface area contributed by atoms with Crippen molar-refractivity contribution < 1.29 is 28.5 Å². The Bertz CT molecular complexity index is 879. The van der Waals surface area contributed by atoms with Crippen molar-refractivity contribution in [2.45, 2.75) is 259 Å². The van der Waals surface area contributed by atoms with E-state index in [4.69, 9.17) is 18.9 Å². The molecular weight excluding hydrogens is 747 g/mol. The lowest BCUT2D eigenvalue weighted by Gasteiger charge is -2.22. The molecule has 0 bridgehead atoms. The third kappa shape index (κ3) is 42.1. The van der Waals surface area contributed by atoms with Gasteiger partial charge in [-0.1, -0.05) is 175 Å². The van der Waals surface area contributed by atoms with Gasteiger partial charge in [0.05, 0.1) is 19.3 Å². The average Bonchev–Trinajstić information content (AvgIpc) is 3.22. The van der Waals surface area contributed by atoms with Gasteiger partial charge in [-0.3, -0.25) is 9.59 Å². The molecule has 358 valence electrons. The van der Waals surface area contributed by atoms with Crippen LogP contribution in [0.5, 0.6) is 0 Å². The van der Waals surface area contributed by atoms with Crippen LogP contribution < -0.4 is 0 Å². The molecule has 0 saturated carbocycles. The molecule has 0 aliphatic heterocycles. The highest BCUT2D eigenvalue weighted by molar-refractivity contribution is 5.69. The highest BCUT2D eigenvalue weighted by atomic mass is 16.5. The molecule has 2 atom stereocenters. The van der Waals surface area contributed by atoms with Crippen molar-refractivity contribution in [3.8, 4) is 0 Å². The van der Waals surface area contributed by atoms with Crippen molar-refractivity contribution >= 4 is 11.9 Å². The fraction of sp³-hybridized carbons (Fsp3) is 0.962. The van der Waals surface area contributed by atoms with Gasteiger partial charge in [-0.25, -0.2) is 0 Å². The molecule has 0 aromatic heterocycles. The minimum absolute atomic E-state index is 0.00391. The van der Waals surface area contributed by atoms with E-state index in [1.54, 1.807) is 0 Å².